The molecule has 3 N–H and O–H groups in total. The number of oxime groups is 1. The molecule has 0 atom stereocenters. The van der Waals surface area contributed by atoms with Gasteiger partial charge in [-0.2, -0.15) is 5.10 Å². The molecule has 0 aliphatic carbocycles. The molecule has 0 bridgehead atoms. The number of benzene rings is 1. The number of hydrogen-bond donors (Lipinski definition) is 2. The molecule has 0 fully saturated rings. The van der Waals surface area contributed by atoms with Gasteiger partial charge in [0, 0.05) is 24.8 Å². The number of hydrogen-bond acceptors (Lipinski definition) is 4. The molecule has 2 aromatic rings. The molecule has 0 saturated heterocycles. The summed E-state index contributed by atoms with van der Waals surface area (Å²) < 4.78 is 2.01. The molecule has 0 unspecified atom stereocenters. The maximum atomic E-state index is 8.66. The van der Waals surface area contributed by atoms with Crippen LogP contribution in [0.15, 0.2) is 35.5 Å². The van der Waals surface area contributed by atoms with E-state index in [2.05, 4.69) is 28.1 Å². The molecule has 1 heterocycles. The highest BCUT2D eigenvalue weighted by Crippen LogP contribution is 2.17. The van der Waals surface area contributed by atoms with Crippen molar-refractivity contribution in [1.82, 2.24) is 9.78 Å². The average Bonchev–Trinajstić information content (AvgIpc) is 2.86. The van der Waals surface area contributed by atoms with Crippen molar-refractivity contribution < 1.29 is 5.21 Å². The third-order valence-corrected chi connectivity index (χ3v) is 3.40. The van der Waals surface area contributed by atoms with Gasteiger partial charge in [0.15, 0.2) is 5.84 Å². The van der Waals surface area contributed by atoms with E-state index in [1.54, 1.807) is 0 Å². The smallest absolute Gasteiger partial charge is 0.170 e. The fraction of sp³-hybridized carbons (Fsp3) is 0.333. The van der Waals surface area contributed by atoms with Crippen molar-refractivity contribution in [3.05, 3.63) is 47.3 Å². The number of aryl methyl sites for hydroxylation is 2. The molecule has 0 radical (unpaired) electrons. The molecule has 6 nitrogen and oxygen atoms in total. The van der Waals surface area contributed by atoms with E-state index in [9.17, 15) is 0 Å². The van der Waals surface area contributed by atoms with Crippen LogP contribution in [0.25, 0.3) is 0 Å². The summed E-state index contributed by atoms with van der Waals surface area (Å²) in [5, 5.41) is 16.1. The molecule has 0 saturated carbocycles. The number of anilines is 1. The fourth-order valence-corrected chi connectivity index (χ4v) is 2.28. The maximum absolute atomic E-state index is 8.66. The van der Waals surface area contributed by atoms with E-state index in [0.717, 1.165) is 24.5 Å². The highest BCUT2D eigenvalue weighted by Gasteiger charge is 2.08. The van der Waals surface area contributed by atoms with Crippen LogP contribution >= 0.6 is 0 Å². The Labute approximate surface area is 124 Å². The molecule has 112 valence electrons. The minimum atomic E-state index is 0.115. The van der Waals surface area contributed by atoms with E-state index in [1.807, 2.05) is 42.9 Å². The zero-order valence-electron chi connectivity index (χ0n) is 12.6. The second-order valence-electron chi connectivity index (χ2n) is 4.98. The zero-order valence-corrected chi connectivity index (χ0v) is 12.6. The number of amidine groups is 1. The first kappa shape index (κ1) is 14.9. The Bertz CT molecular complexity index is 630. The van der Waals surface area contributed by atoms with Crippen LogP contribution in [0.3, 0.4) is 0 Å². The summed E-state index contributed by atoms with van der Waals surface area (Å²) in [6.45, 7) is 5.72. The van der Waals surface area contributed by atoms with Crippen LogP contribution in [-0.4, -0.2) is 27.9 Å². The summed E-state index contributed by atoms with van der Waals surface area (Å²) in [4.78, 5) is 2.14. The van der Waals surface area contributed by atoms with Crippen molar-refractivity contribution in [1.29, 1.82) is 0 Å². The molecule has 0 aliphatic heterocycles. The average molecular weight is 287 g/mol. The van der Waals surface area contributed by atoms with Crippen LogP contribution in [0.4, 0.5) is 5.69 Å². The molecule has 2 rings (SSSR count). The van der Waals surface area contributed by atoms with Gasteiger partial charge >= 0.3 is 0 Å². The zero-order chi connectivity index (χ0) is 15.4. The highest BCUT2D eigenvalue weighted by atomic mass is 16.4. The van der Waals surface area contributed by atoms with Gasteiger partial charge in [-0.05, 0) is 44.2 Å². The van der Waals surface area contributed by atoms with Crippen molar-refractivity contribution in [3.8, 4) is 0 Å². The maximum Gasteiger partial charge on any atom is 0.170 e. The van der Waals surface area contributed by atoms with Gasteiger partial charge in [0.2, 0.25) is 0 Å². The van der Waals surface area contributed by atoms with Gasteiger partial charge in [-0.1, -0.05) is 5.16 Å². The topological polar surface area (TPSA) is 79.7 Å². The molecule has 21 heavy (non-hydrogen) atoms. The first-order valence-corrected chi connectivity index (χ1v) is 6.87. The van der Waals surface area contributed by atoms with Crippen molar-refractivity contribution >= 4 is 11.5 Å². The first-order chi connectivity index (χ1) is 10.0. The van der Waals surface area contributed by atoms with E-state index in [4.69, 9.17) is 10.9 Å². The van der Waals surface area contributed by atoms with Crippen molar-refractivity contribution in [2.45, 2.75) is 26.9 Å². The minimum Gasteiger partial charge on any atom is -0.409 e. The largest absolute Gasteiger partial charge is 0.409 e. The van der Waals surface area contributed by atoms with Gasteiger partial charge < -0.3 is 15.8 Å². The third-order valence-electron chi connectivity index (χ3n) is 3.40. The fourth-order valence-electron chi connectivity index (χ4n) is 2.28. The van der Waals surface area contributed by atoms with Crippen LogP contribution in [0.5, 0.6) is 0 Å². The standard InChI is InChI=1S/C15H21N5O/c1-4-20-14(9-11(2)17-20)10-19(3)13-7-5-12(6-8-13)15(16)18-21/h5-9,21H,4,10H2,1-3H3,(H2,16,18). The molecular formula is C15H21N5O. The summed E-state index contributed by atoms with van der Waals surface area (Å²) >= 11 is 0. The Hall–Kier alpha value is -2.50. The monoisotopic (exact) mass is 287 g/mol. The second-order valence-corrected chi connectivity index (χ2v) is 4.98. The van der Waals surface area contributed by atoms with Gasteiger partial charge in [0.25, 0.3) is 0 Å². The van der Waals surface area contributed by atoms with Gasteiger partial charge in [0.05, 0.1) is 17.9 Å². The second kappa shape index (κ2) is 6.30. The van der Waals surface area contributed by atoms with E-state index in [-0.39, 0.29) is 5.84 Å². The quantitative estimate of drug-likeness (QED) is 0.381. The normalized spacial score (nSPS) is 11.7. The molecule has 0 amide bonds. The predicted molar refractivity (Wildman–Crippen MR) is 83.7 cm³/mol. The van der Waals surface area contributed by atoms with Crippen LogP contribution in [-0.2, 0) is 13.1 Å². The Morgan fingerprint density at radius 2 is 2.05 bits per heavy atom. The van der Waals surface area contributed by atoms with Crippen molar-refractivity contribution in [2.75, 3.05) is 11.9 Å². The summed E-state index contributed by atoms with van der Waals surface area (Å²) in [5.41, 5.74) is 9.53. The van der Waals surface area contributed by atoms with E-state index < -0.39 is 0 Å². The first-order valence-electron chi connectivity index (χ1n) is 6.87. The van der Waals surface area contributed by atoms with Gasteiger partial charge in [-0.15, -0.1) is 0 Å². The predicted octanol–water partition coefficient (Wildman–Crippen LogP) is 1.94. The number of rotatable bonds is 5. The van der Waals surface area contributed by atoms with Gasteiger partial charge in [-0.3, -0.25) is 4.68 Å². The minimum absolute atomic E-state index is 0.115. The lowest BCUT2D eigenvalue weighted by Crippen LogP contribution is -2.19. The summed E-state index contributed by atoms with van der Waals surface area (Å²) in [5.74, 6) is 0.115. The molecular weight excluding hydrogens is 266 g/mol. The SMILES string of the molecule is CCn1nc(C)cc1CN(C)c1ccc(C(N)=NO)cc1. The lowest BCUT2D eigenvalue weighted by Gasteiger charge is -2.20. The molecule has 6 heteroatoms. The summed E-state index contributed by atoms with van der Waals surface area (Å²) in [7, 11) is 2.03. The van der Waals surface area contributed by atoms with E-state index >= 15 is 0 Å². The lowest BCUT2D eigenvalue weighted by molar-refractivity contribution is 0.318. The Morgan fingerprint density at radius 3 is 2.62 bits per heavy atom. The van der Waals surface area contributed by atoms with Gasteiger partial charge in [0.1, 0.15) is 0 Å². The molecule has 1 aromatic carbocycles. The van der Waals surface area contributed by atoms with Crippen LogP contribution in [0.1, 0.15) is 23.9 Å². The number of nitrogens with two attached hydrogens (primary N) is 1. The van der Waals surface area contributed by atoms with E-state index in [0.29, 0.717) is 5.56 Å². The lowest BCUT2D eigenvalue weighted by atomic mass is 10.2. The molecule has 0 aliphatic rings. The van der Waals surface area contributed by atoms with Crippen molar-refractivity contribution in [2.24, 2.45) is 10.9 Å². The van der Waals surface area contributed by atoms with Crippen LogP contribution in [0, 0.1) is 6.92 Å². The van der Waals surface area contributed by atoms with Crippen LogP contribution in [0.2, 0.25) is 0 Å². The van der Waals surface area contributed by atoms with Crippen molar-refractivity contribution in [3.63, 3.8) is 0 Å². The highest BCUT2D eigenvalue weighted by molar-refractivity contribution is 5.97. The summed E-state index contributed by atoms with van der Waals surface area (Å²) in [6.07, 6.45) is 0. The Balaban J connectivity index is 2.14. The molecule has 1 aromatic heterocycles. The summed E-state index contributed by atoms with van der Waals surface area (Å²) in [6, 6.07) is 9.68. The Morgan fingerprint density at radius 1 is 1.38 bits per heavy atom. The third kappa shape index (κ3) is 3.34. The Kier molecular flexibility index (Phi) is 4.47. The van der Waals surface area contributed by atoms with Crippen LogP contribution < -0.4 is 10.6 Å². The van der Waals surface area contributed by atoms with E-state index in [1.165, 1.54) is 5.69 Å². The van der Waals surface area contributed by atoms with Gasteiger partial charge in [-0.25, -0.2) is 0 Å². The number of aromatic nitrogens is 2. The molecule has 0 spiro atoms. The number of nitrogens with zero attached hydrogens (tertiary/aromatic N) is 4.